The van der Waals surface area contributed by atoms with Crippen LogP contribution in [-0.4, -0.2) is 4.98 Å². The standard InChI is InChI=1S/C16H8F2N2OS/c17-11-3-4-14(18)13(7-11)15-9-22-16(20-15)10(8-19)6-12-2-1-5-21-12/h1-7,9H/b10-6+. The second kappa shape index (κ2) is 5.92. The van der Waals surface area contributed by atoms with E-state index in [4.69, 9.17) is 4.42 Å². The number of benzene rings is 1. The van der Waals surface area contributed by atoms with Gasteiger partial charge in [0, 0.05) is 17.0 Å². The molecule has 0 bridgehead atoms. The fourth-order valence-corrected chi connectivity index (χ4v) is 2.66. The molecule has 0 amide bonds. The Morgan fingerprint density at radius 1 is 1.32 bits per heavy atom. The highest BCUT2D eigenvalue weighted by atomic mass is 32.1. The number of nitriles is 1. The summed E-state index contributed by atoms with van der Waals surface area (Å²) in [6.07, 6.45) is 3.04. The first-order valence-electron chi connectivity index (χ1n) is 6.24. The van der Waals surface area contributed by atoms with Gasteiger partial charge >= 0.3 is 0 Å². The van der Waals surface area contributed by atoms with E-state index in [0.29, 0.717) is 16.3 Å². The Hall–Kier alpha value is -2.78. The van der Waals surface area contributed by atoms with Crippen molar-refractivity contribution in [2.45, 2.75) is 0 Å². The topological polar surface area (TPSA) is 49.8 Å². The van der Waals surface area contributed by atoms with Gasteiger partial charge in [0.25, 0.3) is 0 Å². The van der Waals surface area contributed by atoms with Gasteiger partial charge < -0.3 is 4.42 Å². The molecule has 3 rings (SSSR count). The Labute approximate surface area is 128 Å². The lowest BCUT2D eigenvalue weighted by Crippen LogP contribution is -1.87. The third kappa shape index (κ3) is 2.80. The van der Waals surface area contributed by atoms with Crippen molar-refractivity contribution >= 4 is 23.0 Å². The number of halogens is 2. The molecule has 0 radical (unpaired) electrons. The minimum atomic E-state index is -0.563. The summed E-state index contributed by atoms with van der Waals surface area (Å²) in [5.41, 5.74) is 0.651. The molecule has 0 saturated heterocycles. The third-order valence-electron chi connectivity index (χ3n) is 2.89. The van der Waals surface area contributed by atoms with Crippen LogP contribution in [0.4, 0.5) is 8.78 Å². The van der Waals surface area contributed by atoms with Crippen LogP contribution in [-0.2, 0) is 0 Å². The maximum atomic E-state index is 13.8. The van der Waals surface area contributed by atoms with E-state index in [-0.39, 0.29) is 11.3 Å². The highest BCUT2D eigenvalue weighted by molar-refractivity contribution is 7.11. The van der Waals surface area contributed by atoms with Crippen molar-refractivity contribution in [3.8, 4) is 17.3 Å². The highest BCUT2D eigenvalue weighted by Gasteiger charge is 2.13. The van der Waals surface area contributed by atoms with Crippen LogP contribution in [0.25, 0.3) is 22.9 Å². The number of aromatic nitrogens is 1. The van der Waals surface area contributed by atoms with Gasteiger partial charge in [-0.25, -0.2) is 13.8 Å². The van der Waals surface area contributed by atoms with Crippen LogP contribution in [0.5, 0.6) is 0 Å². The average Bonchev–Trinajstić information content (AvgIpc) is 3.18. The van der Waals surface area contributed by atoms with Crippen molar-refractivity contribution in [2.24, 2.45) is 0 Å². The molecule has 22 heavy (non-hydrogen) atoms. The monoisotopic (exact) mass is 314 g/mol. The second-order valence-electron chi connectivity index (χ2n) is 4.35. The molecule has 0 saturated carbocycles. The predicted molar refractivity (Wildman–Crippen MR) is 79.7 cm³/mol. The molecule has 0 aliphatic heterocycles. The Balaban J connectivity index is 2.00. The molecular formula is C16H8F2N2OS. The number of furan rings is 1. The quantitative estimate of drug-likeness (QED) is 0.656. The number of hydrogen-bond acceptors (Lipinski definition) is 4. The molecule has 2 aromatic heterocycles. The maximum absolute atomic E-state index is 13.8. The van der Waals surface area contributed by atoms with E-state index in [9.17, 15) is 14.0 Å². The molecule has 0 aliphatic carbocycles. The van der Waals surface area contributed by atoms with Crippen LogP contribution < -0.4 is 0 Å². The summed E-state index contributed by atoms with van der Waals surface area (Å²) < 4.78 is 32.2. The second-order valence-corrected chi connectivity index (χ2v) is 5.21. The van der Waals surface area contributed by atoms with Crippen LogP contribution in [0.2, 0.25) is 0 Å². The number of rotatable bonds is 3. The summed E-state index contributed by atoms with van der Waals surface area (Å²) in [7, 11) is 0. The van der Waals surface area contributed by atoms with Crippen molar-refractivity contribution in [1.82, 2.24) is 4.98 Å². The summed E-state index contributed by atoms with van der Waals surface area (Å²) in [5, 5.41) is 11.2. The van der Waals surface area contributed by atoms with Crippen molar-refractivity contribution in [3.63, 3.8) is 0 Å². The summed E-state index contributed by atoms with van der Waals surface area (Å²) in [6.45, 7) is 0. The molecule has 0 unspecified atom stereocenters. The van der Waals surface area contributed by atoms with Crippen LogP contribution in [0.3, 0.4) is 0 Å². The average molecular weight is 314 g/mol. The lowest BCUT2D eigenvalue weighted by molar-refractivity contribution is 0.557. The van der Waals surface area contributed by atoms with Gasteiger partial charge in [-0.3, -0.25) is 0 Å². The molecule has 108 valence electrons. The van der Waals surface area contributed by atoms with Crippen LogP contribution in [0.1, 0.15) is 10.8 Å². The zero-order valence-corrected chi connectivity index (χ0v) is 11.9. The Bertz CT molecular complexity index is 876. The van der Waals surface area contributed by atoms with E-state index in [1.165, 1.54) is 17.6 Å². The van der Waals surface area contributed by atoms with E-state index in [1.807, 2.05) is 6.07 Å². The van der Waals surface area contributed by atoms with Gasteiger partial charge in [-0.15, -0.1) is 11.3 Å². The Morgan fingerprint density at radius 3 is 2.91 bits per heavy atom. The molecule has 6 heteroatoms. The van der Waals surface area contributed by atoms with E-state index >= 15 is 0 Å². The Morgan fingerprint density at radius 2 is 2.18 bits per heavy atom. The van der Waals surface area contributed by atoms with E-state index < -0.39 is 11.6 Å². The number of hydrogen-bond donors (Lipinski definition) is 0. The first-order chi connectivity index (χ1) is 10.7. The van der Waals surface area contributed by atoms with Crippen molar-refractivity contribution in [3.05, 3.63) is 64.4 Å². The van der Waals surface area contributed by atoms with E-state index in [2.05, 4.69) is 4.98 Å². The zero-order chi connectivity index (χ0) is 15.5. The van der Waals surface area contributed by atoms with Crippen LogP contribution in [0.15, 0.2) is 46.4 Å². The highest BCUT2D eigenvalue weighted by Crippen LogP contribution is 2.29. The minimum Gasteiger partial charge on any atom is -0.465 e. The largest absolute Gasteiger partial charge is 0.465 e. The third-order valence-corrected chi connectivity index (χ3v) is 3.76. The van der Waals surface area contributed by atoms with Gasteiger partial charge in [0.15, 0.2) is 0 Å². The zero-order valence-electron chi connectivity index (χ0n) is 11.1. The van der Waals surface area contributed by atoms with Gasteiger partial charge in [0.05, 0.1) is 17.5 Å². The fraction of sp³-hybridized carbons (Fsp3) is 0. The lowest BCUT2D eigenvalue weighted by Gasteiger charge is -1.99. The molecular weight excluding hydrogens is 306 g/mol. The molecule has 0 fully saturated rings. The molecule has 3 aromatic rings. The molecule has 2 heterocycles. The van der Waals surface area contributed by atoms with E-state index in [1.54, 1.807) is 23.6 Å². The molecule has 0 N–H and O–H groups in total. The predicted octanol–water partition coefficient (Wildman–Crippen LogP) is 4.75. The molecule has 0 atom stereocenters. The van der Waals surface area contributed by atoms with Crippen molar-refractivity contribution < 1.29 is 13.2 Å². The minimum absolute atomic E-state index is 0.0674. The molecule has 0 spiro atoms. The first kappa shape index (κ1) is 14.2. The lowest BCUT2D eigenvalue weighted by atomic mass is 10.1. The summed E-state index contributed by atoms with van der Waals surface area (Å²) in [5.74, 6) is -0.588. The van der Waals surface area contributed by atoms with Crippen molar-refractivity contribution in [1.29, 1.82) is 5.26 Å². The fourth-order valence-electron chi connectivity index (χ4n) is 1.87. The van der Waals surface area contributed by atoms with Gasteiger partial charge in [0.1, 0.15) is 28.5 Å². The first-order valence-corrected chi connectivity index (χ1v) is 7.12. The normalized spacial score (nSPS) is 11.4. The maximum Gasteiger partial charge on any atom is 0.134 e. The molecule has 3 nitrogen and oxygen atoms in total. The number of thiazole rings is 1. The van der Waals surface area contributed by atoms with Crippen LogP contribution >= 0.6 is 11.3 Å². The molecule has 0 aliphatic rings. The summed E-state index contributed by atoms with van der Waals surface area (Å²) in [6, 6.07) is 8.61. The van der Waals surface area contributed by atoms with Crippen molar-refractivity contribution in [2.75, 3.05) is 0 Å². The number of nitrogens with zero attached hydrogens (tertiary/aromatic N) is 2. The SMILES string of the molecule is N#C/C(=C\c1ccco1)c1nc(-c2cc(F)ccc2F)cs1. The number of allylic oxidation sites excluding steroid dienone is 1. The smallest absolute Gasteiger partial charge is 0.134 e. The van der Waals surface area contributed by atoms with Gasteiger partial charge in [-0.05, 0) is 30.3 Å². The van der Waals surface area contributed by atoms with E-state index in [0.717, 1.165) is 18.2 Å². The van der Waals surface area contributed by atoms with Crippen LogP contribution in [0, 0.1) is 23.0 Å². The Kier molecular flexibility index (Phi) is 3.81. The summed E-state index contributed by atoms with van der Waals surface area (Å²) in [4.78, 5) is 4.21. The van der Waals surface area contributed by atoms with Gasteiger partial charge in [-0.2, -0.15) is 5.26 Å². The van der Waals surface area contributed by atoms with Gasteiger partial charge in [-0.1, -0.05) is 0 Å². The summed E-state index contributed by atoms with van der Waals surface area (Å²) >= 11 is 1.18. The molecule has 1 aromatic carbocycles. The van der Waals surface area contributed by atoms with Gasteiger partial charge in [0.2, 0.25) is 0 Å².